The molecule has 1 N–H and O–H groups in total. The predicted octanol–water partition coefficient (Wildman–Crippen LogP) is 3.62. The van der Waals surface area contributed by atoms with Crippen molar-refractivity contribution in [3.8, 4) is 0 Å². The fourth-order valence-electron chi connectivity index (χ4n) is 1.25. The van der Waals surface area contributed by atoms with Gasteiger partial charge in [0.05, 0.1) is 5.92 Å². The Labute approximate surface area is 87.0 Å². The Morgan fingerprint density at radius 3 is 2.50 bits per heavy atom. The highest BCUT2D eigenvalue weighted by atomic mass is 16.4. The zero-order chi connectivity index (χ0) is 10.8. The minimum Gasteiger partial charge on any atom is -0.481 e. The first kappa shape index (κ1) is 13.2. The molecule has 0 rings (SSSR count). The average Bonchev–Trinajstić information content (AvgIpc) is 2.16. The number of allylic oxidation sites excluding steroid dienone is 1. The maximum absolute atomic E-state index is 10.5. The van der Waals surface area contributed by atoms with Crippen LogP contribution >= 0.6 is 0 Å². The van der Waals surface area contributed by atoms with E-state index in [1.54, 1.807) is 13.0 Å². The zero-order valence-corrected chi connectivity index (χ0v) is 9.33. The number of carboxylic acid groups (broad SMARTS) is 1. The van der Waals surface area contributed by atoms with Crippen LogP contribution in [0.1, 0.15) is 52.4 Å². The van der Waals surface area contributed by atoms with E-state index in [-0.39, 0.29) is 5.92 Å². The van der Waals surface area contributed by atoms with Gasteiger partial charge in [-0.15, -0.1) is 0 Å². The minimum atomic E-state index is -0.743. The van der Waals surface area contributed by atoms with Gasteiger partial charge in [0, 0.05) is 0 Å². The lowest BCUT2D eigenvalue weighted by atomic mass is 10.1. The van der Waals surface area contributed by atoms with Gasteiger partial charge in [0.1, 0.15) is 0 Å². The second-order valence-corrected chi connectivity index (χ2v) is 3.76. The van der Waals surface area contributed by atoms with Crippen molar-refractivity contribution in [3.63, 3.8) is 0 Å². The summed E-state index contributed by atoms with van der Waals surface area (Å²) in [5, 5.41) is 8.60. The monoisotopic (exact) mass is 198 g/mol. The first-order valence-electron chi connectivity index (χ1n) is 5.58. The molecule has 0 aromatic heterocycles. The number of rotatable bonds is 8. The highest BCUT2D eigenvalue weighted by molar-refractivity contribution is 5.71. The van der Waals surface area contributed by atoms with Crippen molar-refractivity contribution in [3.05, 3.63) is 12.2 Å². The average molecular weight is 198 g/mol. The van der Waals surface area contributed by atoms with E-state index in [1.807, 2.05) is 6.08 Å². The molecular formula is C12H22O2. The van der Waals surface area contributed by atoms with Crippen molar-refractivity contribution in [2.45, 2.75) is 52.4 Å². The highest BCUT2D eigenvalue weighted by Gasteiger charge is 2.04. The van der Waals surface area contributed by atoms with Crippen molar-refractivity contribution in [2.75, 3.05) is 0 Å². The Hall–Kier alpha value is -0.790. The van der Waals surface area contributed by atoms with Crippen LogP contribution in [0.3, 0.4) is 0 Å². The van der Waals surface area contributed by atoms with Gasteiger partial charge in [-0.25, -0.2) is 0 Å². The molecule has 0 spiro atoms. The smallest absolute Gasteiger partial charge is 0.310 e. The summed E-state index contributed by atoms with van der Waals surface area (Å²) in [6.45, 7) is 3.91. The second kappa shape index (κ2) is 8.79. The quantitative estimate of drug-likeness (QED) is 0.477. The molecule has 0 aliphatic carbocycles. The van der Waals surface area contributed by atoms with E-state index in [0.717, 1.165) is 6.42 Å². The Morgan fingerprint density at radius 1 is 1.29 bits per heavy atom. The molecule has 0 radical (unpaired) electrons. The number of hydrogen-bond donors (Lipinski definition) is 1. The number of unbranched alkanes of at least 4 members (excludes halogenated alkanes) is 5. The van der Waals surface area contributed by atoms with Crippen LogP contribution in [-0.2, 0) is 4.79 Å². The van der Waals surface area contributed by atoms with Crippen LogP contribution in [0, 0.1) is 5.92 Å². The third kappa shape index (κ3) is 7.84. The second-order valence-electron chi connectivity index (χ2n) is 3.76. The molecule has 0 aromatic rings. The summed E-state index contributed by atoms with van der Waals surface area (Å²) in [7, 11) is 0. The van der Waals surface area contributed by atoms with Gasteiger partial charge in [-0.3, -0.25) is 4.79 Å². The predicted molar refractivity (Wildman–Crippen MR) is 59.3 cm³/mol. The van der Waals surface area contributed by atoms with Gasteiger partial charge in [0.15, 0.2) is 0 Å². The van der Waals surface area contributed by atoms with Gasteiger partial charge >= 0.3 is 5.97 Å². The standard InChI is InChI=1S/C12H22O2/c1-3-4-5-6-7-8-9-10-11(2)12(13)14/h9-11H,3-8H2,1-2H3,(H,13,14). The van der Waals surface area contributed by atoms with Crippen molar-refractivity contribution in [1.82, 2.24) is 0 Å². The maximum Gasteiger partial charge on any atom is 0.310 e. The summed E-state index contributed by atoms with van der Waals surface area (Å²) in [4.78, 5) is 10.5. The van der Waals surface area contributed by atoms with Gasteiger partial charge in [-0.05, 0) is 19.8 Å². The van der Waals surface area contributed by atoms with E-state index >= 15 is 0 Å². The van der Waals surface area contributed by atoms with Crippen LogP contribution in [-0.4, -0.2) is 11.1 Å². The number of carboxylic acids is 1. The first-order valence-corrected chi connectivity index (χ1v) is 5.58. The molecule has 1 atom stereocenters. The summed E-state index contributed by atoms with van der Waals surface area (Å²) in [6.07, 6.45) is 11.1. The lowest BCUT2D eigenvalue weighted by Gasteiger charge is -1.98. The Kier molecular flexibility index (Phi) is 8.30. The summed E-state index contributed by atoms with van der Waals surface area (Å²) in [5.74, 6) is -1.09. The minimum absolute atomic E-state index is 0.342. The molecule has 2 heteroatoms. The molecule has 0 amide bonds. The van der Waals surface area contributed by atoms with Crippen LogP contribution in [0.4, 0.5) is 0 Å². The molecular weight excluding hydrogens is 176 g/mol. The van der Waals surface area contributed by atoms with Crippen LogP contribution < -0.4 is 0 Å². The molecule has 0 saturated carbocycles. The molecule has 0 fully saturated rings. The molecule has 1 unspecified atom stereocenters. The molecule has 0 aliphatic rings. The molecule has 14 heavy (non-hydrogen) atoms. The maximum atomic E-state index is 10.5. The van der Waals surface area contributed by atoms with Crippen LogP contribution in [0.15, 0.2) is 12.2 Å². The third-order valence-electron chi connectivity index (χ3n) is 2.29. The van der Waals surface area contributed by atoms with E-state index in [9.17, 15) is 4.79 Å². The normalized spacial score (nSPS) is 13.3. The lowest BCUT2D eigenvalue weighted by molar-refractivity contribution is -0.139. The Bertz CT molecular complexity index is 173. The molecule has 0 heterocycles. The van der Waals surface area contributed by atoms with E-state index in [0.29, 0.717) is 0 Å². The van der Waals surface area contributed by atoms with E-state index in [4.69, 9.17) is 5.11 Å². The van der Waals surface area contributed by atoms with Crippen LogP contribution in [0.25, 0.3) is 0 Å². The molecule has 2 nitrogen and oxygen atoms in total. The van der Waals surface area contributed by atoms with Crippen LogP contribution in [0.5, 0.6) is 0 Å². The Balaban J connectivity index is 3.31. The third-order valence-corrected chi connectivity index (χ3v) is 2.29. The van der Waals surface area contributed by atoms with Gasteiger partial charge in [0.2, 0.25) is 0 Å². The van der Waals surface area contributed by atoms with Gasteiger partial charge < -0.3 is 5.11 Å². The van der Waals surface area contributed by atoms with E-state index in [2.05, 4.69) is 6.92 Å². The van der Waals surface area contributed by atoms with Gasteiger partial charge in [-0.1, -0.05) is 44.8 Å². The van der Waals surface area contributed by atoms with Crippen molar-refractivity contribution >= 4 is 5.97 Å². The summed E-state index contributed by atoms with van der Waals surface area (Å²) < 4.78 is 0. The molecule has 0 aliphatic heterocycles. The lowest BCUT2D eigenvalue weighted by Crippen LogP contribution is -2.05. The molecule has 0 saturated heterocycles. The largest absolute Gasteiger partial charge is 0.481 e. The number of aliphatic carboxylic acids is 1. The number of hydrogen-bond acceptors (Lipinski definition) is 1. The molecule has 82 valence electrons. The zero-order valence-electron chi connectivity index (χ0n) is 9.33. The van der Waals surface area contributed by atoms with Gasteiger partial charge in [0.25, 0.3) is 0 Å². The molecule has 0 bridgehead atoms. The SMILES string of the molecule is CCCCCCCC=CC(C)C(=O)O. The van der Waals surface area contributed by atoms with Gasteiger partial charge in [-0.2, -0.15) is 0 Å². The van der Waals surface area contributed by atoms with Crippen molar-refractivity contribution in [2.24, 2.45) is 5.92 Å². The highest BCUT2D eigenvalue weighted by Crippen LogP contribution is 2.06. The van der Waals surface area contributed by atoms with Crippen LogP contribution in [0.2, 0.25) is 0 Å². The number of carbonyl (C=O) groups is 1. The van der Waals surface area contributed by atoms with E-state index in [1.165, 1.54) is 32.1 Å². The summed E-state index contributed by atoms with van der Waals surface area (Å²) >= 11 is 0. The Morgan fingerprint density at radius 2 is 1.93 bits per heavy atom. The topological polar surface area (TPSA) is 37.3 Å². The molecule has 0 aromatic carbocycles. The summed E-state index contributed by atoms with van der Waals surface area (Å²) in [5.41, 5.74) is 0. The van der Waals surface area contributed by atoms with Crippen molar-refractivity contribution in [1.29, 1.82) is 0 Å². The van der Waals surface area contributed by atoms with Crippen molar-refractivity contribution < 1.29 is 9.90 Å². The summed E-state index contributed by atoms with van der Waals surface area (Å²) in [6, 6.07) is 0. The first-order chi connectivity index (χ1) is 6.68. The fraction of sp³-hybridized carbons (Fsp3) is 0.750. The van der Waals surface area contributed by atoms with E-state index < -0.39 is 5.97 Å². The fourth-order valence-corrected chi connectivity index (χ4v) is 1.25.